The van der Waals surface area contributed by atoms with E-state index < -0.39 is 0 Å². The highest BCUT2D eigenvalue weighted by molar-refractivity contribution is 5.67. The topological polar surface area (TPSA) is 67.4 Å². The van der Waals surface area contributed by atoms with Gasteiger partial charge in [0.15, 0.2) is 0 Å². The van der Waals surface area contributed by atoms with Gasteiger partial charge in [-0.25, -0.2) is 14.8 Å². The smallest absolute Gasteiger partial charge is 0.409 e. The average Bonchev–Trinajstić information content (AvgIpc) is 2.48. The third-order valence-corrected chi connectivity index (χ3v) is 3.19. The van der Waals surface area contributed by atoms with Crippen LogP contribution in [0.15, 0.2) is 12.4 Å². The summed E-state index contributed by atoms with van der Waals surface area (Å²) in [6, 6.07) is 2.03. The number of hydrogen-bond acceptors (Lipinski definition) is 5. The van der Waals surface area contributed by atoms with Crippen LogP contribution < -0.4 is 5.32 Å². The first-order chi connectivity index (χ1) is 9.72. The van der Waals surface area contributed by atoms with Crippen molar-refractivity contribution in [1.82, 2.24) is 14.9 Å². The van der Waals surface area contributed by atoms with Crippen LogP contribution in [0, 0.1) is 12.3 Å². The number of nitrogens with one attached hydrogen (secondary N) is 1. The van der Waals surface area contributed by atoms with Crippen LogP contribution in [0.5, 0.6) is 0 Å². The van der Waals surface area contributed by atoms with E-state index in [2.05, 4.69) is 21.2 Å². The molecule has 0 unspecified atom stereocenters. The van der Waals surface area contributed by atoms with Gasteiger partial charge in [-0.3, -0.25) is 0 Å². The number of ether oxygens (including phenoxy) is 1. The maximum atomic E-state index is 11.6. The van der Waals surface area contributed by atoms with Crippen LogP contribution in [-0.4, -0.2) is 46.7 Å². The molecule has 0 atom stereocenters. The molecule has 20 heavy (non-hydrogen) atoms. The van der Waals surface area contributed by atoms with E-state index >= 15 is 0 Å². The predicted molar refractivity (Wildman–Crippen MR) is 75.2 cm³/mol. The third-order valence-electron chi connectivity index (χ3n) is 3.19. The Labute approximate surface area is 118 Å². The maximum Gasteiger partial charge on any atom is 0.409 e. The summed E-state index contributed by atoms with van der Waals surface area (Å²) in [5.74, 6) is 3.20. The van der Waals surface area contributed by atoms with E-state index in [0.717, 1.165) is 18.7 Å². The van der Waals surface area contributed by atoms with Crippen molar-refractivity contribution in [3.05, 3.63) is 18.1 Å². The highest BCUT2D eigenvalue weighted by atomic mass is 16.6. The van der Waals surface area contributed by atoms with E-state index in [0.29, 0.717) is 25.4 Å². The van der Waals surface area contributed by atoms with Gasteiger partial charge in [0.2, 0.25) is 0 Å². The van der Waals surface area contributed by atoms with E-state index in [-0.39, 0.29) is 12.1 Å². The van der Waals surface area contributed by atoms with Crippen LogP contribution in [0.25, 0.3) is 0 Å². The number of anilines is 1. The minimum absolute atomic E-state index is 0.234. The molecule has 1 aromatic heterocycles. The number of hydrogen-bond donors (Lipinski definition) is 1. The summed E-state index contributed by atoms with van der Waals surface area (Å²) in [7, 11) is 0. The van der Waals surface area contributed by atoms with Gasteiger partial charge in [-0.15, -0.1) is 6.42 Å². The lowest BCUT2D eigenvalue weighted by Crippen LogP contribution is -2.42. The Morgan fingerprint density at radius 3 is 2.95 bits per heavy atom. The minimum atomic E-state index is -0.234. The Hall–Kier alpha value is -2.29. The molecule has 2 rings (SSSR count). The van der Waals surface area contributed by atoms with Crippen LogP contribution >= 0.6 is 0 Å². The molecule has 2 heterocycles. The fourth-order valence-electron chi connectivity index (χ4n) is 2.15. The molecule has 0 radical (unpaired) electrons. The summed E-state index contributed by atoms with van der Waals surface area (Å²) in [5, 5.41) is 3.32. The zero-order chi connectivity index (χ0) is 14.4. The lowest BCUT2D eigenvalue weighted by atomic mass is 10.1. The van der Waals surface area contributed by atoms with Gasteiger partial charge in [-0.05, 0) is 19.8 Å². The second-order valence-corrected chi connectivity index (χ2v) is 4.54. The number of piperidine rings is 1. The molecule has 0 spiro atoms. The number of rotatable bonds is 3. The normalized spacial score (nSPS) is 15.5. The van der Waals surface area contributed by atoms with Crippen LogP contribution in [0.2, 0.25) is 0 Å². The second-order valence-electron chi connectivity index (χ2n) is 4.54. The number of carbonyl (C=O) groups is 1. The molecule has 0 bridgehead atoms. The highest BCUT2D eigenvalue weighted by Gasteiger charge is 2.23. The van der Waals surface area contributed by atoms with Gasteiger partial charge in [0.05, 0.1) is 6.61 Å². The molecule has 1 saturated heterocycles. The van der Waals surface area contributed by atoms with Crippen LogP contribution in [-0.2, 0) is 4.74 Å². The number of carbonyl (C=O) groups excluding carboxylic acids is 1. The molecule has 1 aliphatic heterocycles. The predicted octanol–water partition coefficient (Wildman–Crippen LogP) is 1.49. The summed E-state index contributed by atoms with van der Waals surface area (Å²) < 4.78 is 4.99. The summed E-state index contributed by atoms with van der Waals surface area (Å²) in [6.07, 6.45) is 8.23. The number of aromatic nitrogens is 2. The molecule has 0 aromatic carbocycles. The molecule has 106 valence electrons. The zero-order valence-corrected chi connectivity index (χ0v) is 11.5. The zero-order valence-electron chi connectivity index (χ0n) is 11.5. The Balaban J connectivity index is 1.85. The molecule has 1 fully saturated rings. The standard InChI is InChI=1S/C14H18N4O2/c1-3-11-9-13(16-10-15-11)17-12-5-7-18(8-6-12)14(19)20-4-2/h1,9-10,12H,4-8H2,2H3,(H,15,16,17). The third kappa shape index (κ3) is 3.60. The van der Waals surface area contributed by atoms with Crippen LogP contribution in [0.3, 0.4) is 0 Å². The Kier molecular flexibility index (Phi) is 4.77. The maximum absolute atomic E-state index is 11.6. The summed E-state index contributed by atoms with van der Waals surface area (Å²) in [4.78, 5) is 21.4. The molecule has 6 nitrogen and oxygen atoms in total. The van der Waals surface area contributed by atoms with Gasteiger partial charge in [0.1, 0.15) is 17.8 Å². The number of amides is 1. The molecule has 1 aromatic rings. The minimum Gasteiger partial charge on any atom is -0.450 e. The summed E-state index contributed by atoms with van der Waals surface area (Å²) >= 11 is 0. The first-order valence-corrected chi connectivity index (χ1v) is 6.69. The summed E-state index contributed by atoms with van der Waals surface area (Å²) in [5.41, 5.74) is 0.562. The van der Waals surface area contributed by atoms with Crippen molar-refractivity contribution >= 4 is 11.9 Å². The van der Waals surface area contributed by atoms with Crippen molar-refractivity contribution < 1.29 is 9.53 Å². The quantitative estimate of drug-likeness (QED) is 0.846. The van der Waals surface area contributed by atoms with E-state index in [9.17, 15) is 4.79 Å². The molecule has 1 amide bonds. The van der Waals surface area contributed by atoms with E-state index in [1.54, 1.807) is 11.0 Å². The number of likely N-dealkylation sites (tertiary alicyclic amines) is 1. The monoisotopic (exact) mass is 274 g/mol. The number of terminal acetylenes is 1. The molecule has 6 heteroatoms. The molecule has 0 saturated carbocycles. The average molecular weight is 274 g/mol. The van der Waals surface area contributed by atoms with E-state index in [4.69, 9.17) is 11.2 Å². The Bertz CT molecular complexity index is 504. The van der Waals surface area contributed by atoms with Gasteiger partial charge < -0.3 is 15.0 Å². The molecule has 0 aliphatic carbocycles. The Morgan fingerprint density at radius 1 is 1.55 bits per heavy atom. The van der Waals surface area contributed by atoms with Crippen molar-refractivity contribution in [3.63, 3.8) is 0 Å². The molecular formula is C14H18N4O2. The number of nitrogens with zero attached hydrogens (tertiary/aromatic N) is 3. The SMILES string of the molecule is C#Cc1cc(NC2CCN(C(=O)OCC)CC2)ncn1. The van der Waals surface area contributed by atoms with Gasteiger partial charge >= 0.3 is 6.09 Å². The first kappa shape index (κ1) is 14.1. The van der Waals surface area contributed by atoms with Crippen molar-refractivity contribution in [3.8, 4) is 12.3 Å². The van der Waals surface area contributed by atoms with E-state index in [1.807, 2.05) is 6.92 Å². The van der Waals surface area contributed by atoms with Gasteiger partial charge in [-0.1, -0.05) is 5.92 Å². The fourth-order valence-corrected chi connectivity index (χ4v) is 2.15. The van der Waals surface area contributed by atoms with Crippen molar-refractivity contribution in [1.29, 1.82) is 0 Å². The second kappa shape index (κ2) is 6.75. The fraction of sp³-hybridized carbons (Fsp3) is 0.500. The first-order valence-electron chi connectivity index (χ1n) is 6.69. The van der Waals surface area contributed by atoms with Crippen LogP contribution in [0.1, 0.15) is 25.5 Å². The Morgan fingerprint density at radius 2 is 2.30 bits per heavy atom. The van der Waals surface area contributed by atoms with Crippen LogP contribution in [0.4, 0.5) is 10.6 Å². The molecular weight excluding hydrogens is 256 g/mol. The van der Waals surface area contributed by atoms with Crippen molar-refractivity contribution in [2.24, 2.45) is 0 Å². The van der Waals surface area contributed by atoms with Gasteiger partial charge in [0, 0.05) is 25.2 Å². The van der Waals surface area contributed by atoms with Crippen molar-refractivity contribution in [2.75, 3.05) is 25.0 Å². The largest absolute Gasteiger partial charge is 0.450 e. The van der Waals surface area contributed by atoms with Gasteiger partial charge in [0.25, 0.3) is 0 Å². The lowest BCUT2D eigenvalue weighted by molar-refractivity contribution is 0.0983. The molecule has 1 aliphatic rings. The molecule has 1 N–H and O–H groups in total. The van der Waals surface area contributed by atoms with Gasteiger partial charge in [-0.2, -0.15) is 0 Å². The van der Waals surface area contributed by atoms with Crippen molar-refractivity contribution in [2.45, 2.75) is 25.8 Å². The lowest BCUT2D eigenvalue weighted by Gasteiger charge is -2.31. The highest BCUT2D eigenvalue weighted by Crippen LogP contribution is 2.16. The summed E-state index contributed by atoms with van der Waals surface area (Å²) in [6.45, 7) is 3.59. The van der Waals surface area contributed by atoms with E-state index in [1.165, 1.54) is 6.33 Å².